The fraction of sp³-hybridized carbons (Fsp3) is 0.571. The molecule has 7 nitrogen and oxygen atoms in total. The molecule has 162 valence electrons. The first-order chi connectivity index (χ1) is 13.8. The van der Waals surface area contributed by atoms with Gasteiger partial charge in [0.1, 0.15) is 5.69 Å². The third-order valence-corrected chi connectivity index (χ3v) is 7.47. The van der Waals surface area contributed by atoms with E-state index in [9.17, 15) is 13.2 Å². The largest absolute Gasteiger partial charge is 0.351 e. The average molecular weight is 423 g/mol. The molecule has 0 radical (unpaired) electrons. The van der Waals surface area contributed by atoms with Crippen LogP contribution in [0.3, 0.4) is 0 Å². The lowest BCUT2D eigenvalue weighted by molar-refractivity contribution is 0.0944. The van der Waals surface area contributed by atoms with Crippen LogP contribution < -0.4 is 5.32 Å². The van der Waals surface area contributed by atoms with E-state index < -0.39 is 10.0 Å². The van der Waals surface area contributed by atoms with Crippen LogP contribution in [0.25, 0.3) is 10.9 Å². The standard InChI is InChI=1S/C21H34N4O3S/c1-6-24(7-2)14-10-13-22-21(26)20-16-17-15-18(11-12-19(17)23(20)5)29(27,28)25(8-3)9-4/h11-12,15-16H,6-10,13-14H2,1-5H3,(H,22,26). The molecule has 1 aromatic carbocycles. The Morgan fingerprint density at radius 2 is 1.69 bits per heavy atom. The quantitative estimate of drug-likeness (QED) is 0.565. The fourth-order valence-corrected chi connectivity index (χ4v) is 5.05. The molecule has 1 amide bonds. The van der Waals surface area contributed by atoms with Crippen molar-refractivity contribution in [3.8, 4) is 0 Å². The summed E-state index contributed by atoms with van der Waals surface area (Å²) in [6.45, 7) is 12.3. The highest BCUT2D eigenvalue weighted by Gasteiger charge is 2.23. The molecular weight excluding hydrogens is 388 g/mol. The van der Waals surface area contributed by atoms with Crippen molar-refractivity contribution in [1.82, 2.24) is 19.1 Å². The number of aromatic nitrogens is 1. The predicted molar refractivity (Wildman–Crippen MR) is 118 cm³/mol. The Kier molecular flexibility index (Phi) is 8.24. The second-order valence-electron chi connectivity index (χ2n) is 7.03. The lowest BCUT2D eigenvalue weighted by Gasteiger charge is -2.18. The number of sulfonamides is 1. The minimum absolute atomic E-state index is 0.142. The van der Waals surface area contributed by atoms with E-state index >= 15 is 0 Å². The molecule has 8 heteroatoms. The SMILES string of the molecule is CCN(CC)CCCNC(=O)c1cc2cc(S(=O)(=O)N(CC)CC)ccc2n1C. The minimum atomic E-state index is -3.53. The van der Waals surface area contributed by atoms with Crippen LogP contribution in [0.15, 0.2) is 29.2 Å². The molecule has 0 aliphatic carbocycles. The van der Waals surface area contributed by atoms with E-state index in [1.54, 1.807) is 24.3 Å². The number of hydrogen-bond acceptors (Lipinski definition) is 4. The Morgan fingerprint density at radius 1 is 1.03 bits per heavy atom. The molecule has 0 atom stereocenters. The number of hydrogen-bond donors (Lipinski definition) is 1. The zero-order valence-corrected chi connectivity index (χ0v) is 19.1. The first-order valence-electron chi connectivity index (χ1n) is 10.4. The summed E-state index contributed by atoms with van der Waals surface area (Å²) in [6.07, 6.45) is 0.892. The van der Waals surface area contributed by atoms with Gasteiger partial charge in [0.2, 0.25) is 10.0 Å². The van der Waals surface area contributed by atoms with Crippen molar-refractivity contribution in [2.24, 2.45) is 7.05 Å². The van der Waals surface area contributed by atoms with Crippen molar-refractivity contribution in [2.75, 3.05) is 39.3 Å². The van der Waals surface area contributed by atoms with E-state index in [4.69, 9.17) is 0 Å². The van der Waals surface area contributed by atoms with Gasteiger partial charge in [-0.05, 0) is 50.3 Å². The van der Waals surface area contributed by atoms with Crippen LogP contribution in [-0.2, 0) is 17.1 Å². The molecule has 0 saturated heterocycles. The number of carbonyl (C=O) groups excluding carboxylic acids is 1. The molecule has 0 aliphatic rings. The molecule has 2 aromatic rings. The Labute approximate surface area is 174 Å². The second-order valence-corrected chi connectivity index (χ2v) is 8.97. The van der Waals surface area contributed by atoms with Crippen LogP contribution in [0.4, 0.5) is 0 Å². The van der Waals surface area contributed by atoms with Gasteiger partial charge in [-0.25, -0.2) is 8.42 Å². The van der Waals surface area contributed by atoms with Gasteiger partial charge in [0, 0.05) is 37.6 Å². The Bertz CT molecular complexity index is 929. The van der Waals surface area contributed by atoms with E-state index in [0.717, 1.165) is 37.0 Å². The lowest BCUT2D eigenvalue weighted by Crippen LogP contribution is -2.30. The molecule has 0 fully saturated rings. The molecule has 2 rings (SSSR count). The zero-order valence-electron chi connectivity index (χ0n) is 18.2. The summed E-state index contributed by atoms with van der Waals surface area (Å²) in [5.74, 6) is -0.142. The van der Waals surface area contributed by atoms with Crippen molar-refractivity contribution in [3.63, 3.8) is 0 Å². The Morgan fingerprint density at radius 3 is 2.28 bits per heavy atom. The third-order valence-electron chi connectivity index (χ3n) is 5.42. The van der Waals surface area contributed by atoms with Crippen molar-refractivity contribution in [3.05, 3.63) is 30.0 Å². The van der Waals surface area contributed by atoms with E-state index in [-0.39, 0.29) is 10.8 Å². The molecular formula is C21H34N4O3S. The average Bonchev–Trinajstić information content (AvgIpc) is 3.05. The molecule has 0 saturated carbocycles. The van der Waals surface area contributed by atoms with Gasteiger partial charge in [0.15, 0.2) is 0 Å². The van der Waals surface area contributed by atoms with Crippen molar-refractivity contribution in [1.29, 1.82) is 0 Å². The smallest absolute Gasteiger partial charge is 0.267 e. The van der Waals surface area contributed by atoms with E-state index in [1.807, 2.05) is 25.5 Å². The number of fused-ring (bicyclic) bond motifs is 1. The van der Waals surface area contributed by atoms with Gasteiger partial charge in [-0.15, -0.1) is 0 Å². The van der Waals surface area contributed by atoms with Gasteiger partial charge in [-0.2, -0.15) is 4.31 Å². The first-order valence-corrected chi connectivity index (χ1v) is 11.8. The fourth-order valence-electron chi connectivity index (χ4n) is 3.55. The molecule has 29 heavy (non-hydrogen) atoms. The molecule has 1 heterocycles. The topological polar surface area (TPSA) is 74.7 Å². The monoisotopic (exact) mass is 422 g/mol. The van der Waals surface area contributed by atoms with Crippen LogP contribution in [0.2, 0.25) is 0 Å². The summed E-state index contributed by atoms with van der Waals surface area (Å²) in [7, 11) is -1.70. The van der Waals surface area contributed by atoms with E-state index in [2.05, 4.69) is 24.1 Å². The van der Waals surface area contributed by atoms with Gasteiger partial charge < -0.3 is 14.8 Å². The summed E-state index contributed by atoms with van der Waals surface area (Å²) < 4.78 is 28.8. The Balaban J connectivity index is 2.18. The third kappa shape index (κ3) is 5.18. The Hall–Kier alpha value is -1.90. The highest BCUT2D eigenvalue weighted by molar-refractivity contribution is 7.89. The number of rotatable bonds is 11. The van der Waals surface area contributed by atoms with Gasteiger partial charge in [-0.3, -0.25) is 4.79 Å². The molecule has 1 N–H and O–H groups in total. The summed E-state index contributed by atoms with van der Waals surface area (Å²) in [5, 5.41) is 3.72. The van der Waals surface area contributed by atoms with Crippen LogP contribution in [-0.4, -0.2) is 67.4 Å². The van der Waals surface area contributed by atoms with Crippen molar-refractivity contribution in [2.45, 2.75) is 39.0 Å². The van der Waals surface area contributed by atoms with E-state index in [0.29, 0.717) is 25.3 Å². The summed E-state index contributed by atoms with van der Waals surface area (Å²) in [6, 6.07) is 6.79. The lowest BCUT2D eigenvalue weighted by atomic mass is 10.2. The molecule has 1 aromatic heterocycles. The van der Waals surface area contributed by atoms with Crippen LogP contribution in [0, 0.1) is 0 Å². The van der Waals surface area contributed by atoms with Gasteiger partial charge in [-0.1, -0.05) is 27.7 Å². The van der Waals surface area contributed by atoms with Crippen molar-refractivity contribution >= 4 is 26.8 Å². The first kappa shape index (κ1) is 23.4. The molecule has 0 aliphatic heterocycles. The highest BCUT2D eigenvalue weighted by Crippen LogP contribution is 2.24. The zero-order chi connectivity index (χ0) is 21.6. The van der Waals surface area contributed by atoms with E-state index in [1.165, 1.54) is 4.31 Å². The molecule has 0 spiro atoms. The van der Waals surface area contributed by atoms with Crippen LogP contribution >= 0.6 is 0 Å². The number of aryl methyl sites for hydroxylation is 1. The predicted octanol–water partition coefficient (Wildman–Crippen LogP) is 2.67. The van der Waals surface area contributed by atoms with Crippen molar-refractivity contribution < 1.29 is 13.2 Å². The molecule has 0 bridgehead atoms. The normalized spacial score (nSPS) is 12.2. The highest BCUT2D eigenvalue weighted by atomic mass is 32.2. The summed E-state index contributed by atoms with van der Waals surface area (Å²) in [5.41, 5.74) is 1.36. The van der Waals surface area contributed by atoms with Crippen LogP contribution in [0.1, 0.15) is 44.6 Å². The maximum absolute atomic E-state index is 12.8. The van der Waals surface area contributed by atoms with Gasteiger partial charge >= 0.3 is 0 Å². The molecule has 0 unspecified atom stereocenters. The second kappa shape index (κ2) is 10.2. The van der Waals surface area contributed by atoms with Crippen LogP contribution in [0.5, 0.6) is 0 Å². The van der Waals surface area contributed by atoms with Gasteiger partial charge in [0.05, 0.1) is 4.90 Å². The summed E-state index contributed by atoms with van der Waals surface area (Å²) in [4.78, 5) is 15.2. The van der Waals surface area contributed by atoms with Gasteiger partial charge in [0.25, 0.3) is 5.91 Å². The number of benzene rings is 1. The number of amides is 1. The number of carbonyl (C=O) groups is 1. The number of nitrogens with one attached hydrogen (secondary N) is 1. The minimum Gasteiger partial charge on any atom is -0.351 e. The maximum Gasteiger partial charge on any atom is 0.267 e. The number of nitrogens with zero attached hydrogens (tertiary/aromatic N) is 3. The maximum atomic E-state index is 12.8. The summed E-state index contributed by atoms with van der Waals surface area (Å²) >= 11 is 0.